The minimum absolute atomic E-state index is 0.170. The van der Waals surface area contributed by atoms with E-state index in [2.05, 4.69) is 0 Å². The highest BCUT2D eigenvalue weighted by molar-refractivity contribution is 7.98. The van der Waals surface area contributed by atoms with Crippen molar-refractivity contribution in [2.45, 2.75) is 4.90 Å². The van der Waals surface area contributed by atoms with Crippen molar-refractivity contribution in [3.05, 3.63) is 49.4 Å². The molecule has 0 bridgehead atoms. The zero-order chi connectivity index (χ0) is 14.2. The highest BCUT2D eigenvalue weighted by atomic mass is 35.5. The topological polar surface area (TPSA) is 0 Å². The molecule has 0 fully saturated rings. The van der Waals surface area contributed by atoms with E-state index in [0.717, 1.165) is 10.5 Å². The van der Waals surface area contributed by atoms with Crippen LogP contribution in [-0.4, -0.2) is 6.26 Å². The Morgan fingerprint density at radius 2 is 1.21 bits per heavy atom. The summed E-state index contributed by atoms with van der Waals surface area (Å²) in [4.78, 5) is 1.03. The number of rotatable bonds is 2. The maximum atomic E-state index is 6.27. The smallest absolute Gasteiger partial charge is 0.0809 e. The van der Waals surface area contributed by atoms with E-state index in [9.17, 15) is 0 Å². The molecule has 0 aliphatic heterocycles. The molecule has 0 atom stereocenters. The molecule has 6 heteroatoms. The largest absolute Gasteiger partial charge is 0.129 e. The Balaban J connectivity index is 2.83. The van der Waals surface area contributed by atoms with Gasteiger partial charge in [-0.1, -0.05) is 76.2 Å². The second-order valence-corrected chi connectivity index (χ2v) is 6.38. The molecule has 19 heavy (non-hydrogen) atoms. The first-order valence-corrected chi connectivity index (χ1v) is 8.25. The van der Waals surface area contributed by atoms with Crippen molar-refractivity contribution in [2.75, 3.05) is 6.26 Å². The molecule has 0 saturated heterocycles. The van der Waals surface area contributed by atoms with E-state index in [1.807, 2.05) is 30.5 Å². The van der Waals surface area contributed by atoms with Crippen LogP contribution in [0.3, 0.4) is 0 Å². The zero-order valence-corrected chi connectivity index (χ0v) is 14.2. The molecule has 0 heterocycles. The van der Waals surface area contributed by atoms with Crippen molar-refractivity contribution in [2.24, 2.45) is 0 Å². The van der Waals surface area contributed by atoms with Gasteiger partial charge in [0.05, 0.1) is 25.1 Å². The monoisotopic (exact) mass is 370 g/mol. The summed E-state index contributed by atoms with van der Waals surface area (Å²) >= 11 is 32.3. The van der Waals surface area contributed by atoms with E-state index in [1.54, 1.807) is 11.8 Å². The lowest BCUT2D eigenvalue weighted by Crippen LogP contribution is -1.88. The molecule has 0 saturated carbocycles. The van der Waals surface area contributed by atoms with Gasteiger partial charge in [-0.25, -0.2) is 0 Å². The van der Waals surface area contributed by atoms with E-state index in [1.165, 1.54) is 0 Å². The predicted octanol–water partition coefficient (Wildman–Crippen LogP) is 7.34. The molecule has 0 radical (unpaired) electrons. The summed E-state index contributed by atoms with van der Waals surface area (Å²) in [6.45, 7) is 0. The summed E-state index contributed by atoms with van der Waals surface area (Å²) in [6.07, 6.45) is 1.97. The van der Waals surface area contributed by atoms with Crippen molar-refractivity contribution in [3.8, 4) is 11.1 Å². The second-order valence-electron chi connectivity index (χ2n) is 3.65. The minimum atomic E-state index is 0.170. The van der Waals surface area contributed by atoms with Gasteiger partial charge in [-0.15, -0.1) is 11.8 Å². The second kappa shape index (κ2) is 6.34. The number of hydrogen-bond acceptors (Lipinski definition) is 1. The van der Waals surface area contributed by atoms with Crippen LogP contribution in [0.15, 0.2) is 29.2 Å². The SMILES string of the molecule is CSc1ccccc1-c1c(Cl)c(Cl)c(Cl)c(Cl)c1Cl. The van der Waals surface area contributed by atoms with Crippen LogP contribution >= 0.6 is 69.8 Å². The van der Waals surface area contributed by atoms with Crippen LogP contribution in [0.2, 0.25) is 25.1 Å². The molecule has 2 rings (SSSR count). The van der Waals surface area contributed by atoms with Gasteiger partial charge in [0.15, 0.2) is 0 Å². The van der Waals surface area contributed by atoms with Gasteiger partial charge in [-0.3, -0.25) is 0 Å². The standard InChI is InChI=1S/C13H7Cl5S/c1-19-7-5-3-2-4-6(7)8-9(14)11(16)13(18)12(17)10(8)15/h2-5H,1H3. The van der Waals surface area contributed by atoms with Crippen LogP contribution in [0.25, 0.3) is 11.1 Å². The third-order valence-electron chi connectivity index (χ3n) is 2.59. The van der Waals surface area contributed by atoms with Crippen molar-refractivity contribution >= 4 is 69.8 Å². The van der Waals surface area contributed by atoms with Gasteiger partial charge in [-0.05, 0) is 17.9 Å². The van der Waals surface area contributed by atoms with E-state index >= 15 is 0 Å². The van der Waals surface area contributed by atoms with Gasteiger partial charge in [-0.2, -0.15) is 0 Å². The van der Waals surface area contributed by atoms with Gasteiger partial charge in [0, 0.05) is 10.5 Å². The average Bonchev–Trinajstić information content (AvgIpc) is 2.44. The van der Waals surface area contributed by atoms with Gasteiger partial charge < -0.3 is 0 Å². The molecule has 0 aromatic heterocycles. The zero-order valence-electron chi connectivity index (χ0n) is 9.61. The van der Waals surface area contributed by atoms with E-state index < -0.39 is 0 Å². The lowest BCUT2D eigenvalue weighted by molar-refractivity contribution is 1.45. The molecule has 0 N–H and O–H groups in total. The normalized spacial score (nSPS) is 10.8. The lowest BCUT2D eigenvalue weighted by atomic mass is 10.1. The molecule has 0 nitrogen and oxygen atoms in total. The van der Waals surface area contributed by atoms with Crippen molar-refractivity contribution < 1.29 is 0 Å². The highest BCUT2D eigenvalue weighted by Gasteiger charge is 2.21. The molecule has 2 aromatic rings. The molecule has 100 valence electrons. The molecule has 0 aliphatic rings. The van der Waals surface area contributed by atoms with Crippen LogP contribution < -0.4 is 0 Å². The van der Waals surface area contributed by atoms with Gasteiger partial charge in [0.25, 0.3) is 0 Å². The van der Waals surface area contributed by atoms with E-state index in [-0.39, 0.29) is 15.1 Å². The predicted molar refractivity (Wildman–Crippen MR) is 88.7 cm³/mol. The third kappa shape index (κ3) is 2.83. The molecule has 2 aromatic carbocycles. The number of halogens is 5. The summed E-state index contributed by atoms with van der Waals surface area (Å²) in [7, 11) is 0. The highest BCUT2D eigenvalue weighted by Crippen LogP contribution is 2.49. The Kier molecular flexibility index (Phi) is 5.21. The first-order chi connectivity index (χ1) is 8.99. The molecule has 0 spiro atoms. The van der Waals surface area contributed by atoms with Crippen LogP contribution in [0, 0.1) is 0 Å². The summed E-state index contributed by atoms with van der Waals surface area (Å²) in [6, 6.07) is 7.73. The van der Waals surface area contributed by atoms with Crippen LogP contribution in [0.5, 0.6) is 0 Å². The number of hydrogen-bond donors (Lipinski definition) is 0. The first-order valence-electron chi connectivity index (χ1n) is 5.13. The number of thioether (sulfide) groups is 1. The first kappa shape index (κ1) is 15.6. The Hall–Kier alpha value is 0.240. The molecule has 0 unspecified atom stereocenters. The Morgan fingerprint density at radius 1 is 0.737 bits per heavy atom. The molecule has 0 aliphatic carbocycles. The fourth-order valence-corrected chi connectivity index (χ4v) is 3.64. The van der Waals surface area contributed by atoms with Gasteiger partial charge in [0.2, 0.25) is 0 Å². The van der Waals surface area contributed by atoms with Crippen LogP contribution in [-0.2, 0) is 0 Å². The summed E-state index contributed by atoms with van der Waals surface area (Å²) < 4.78 is 0. The van der Waals surface area contributed by atoms with Gasteiger partial charge in [0.1, 0.15) is 0 Å². The fourth-order valence-electron chi connectivity index (χ4n) is 1.69. The average molecular weight is 373 g/mol. The molecular weight excluding hydrogens is 365 g/mol. The van der Waals surface area contributed by atoms with Crippen molar-refractivity contribution in [1.82, 2.24) is 0 Å². The van der Waals surface area contributed by atoms with Crippen LogP contribution in [0.1, 0.15) is 0 Å². The fraction of sp³-hybridized carbons (Fsp3) is 0.0769. The lowest BCUT2D eigenvalue weighted by Gasteiger charge is -2.14. The molecule has 0 amide bonds. The Bertz CT molecular complexity index is 610. The van der Waals surface area contributed by atoms with Gasteiger partial charge >= 0.3 is 0 Å². The maximum Gasteiger partial charge on any atom is 0.0809 e. The van der Waals surface area contributed by atoms with E-state index in [4.69, 9.17) is 58.0 Å². The third-order valence-corrected chi connectivity index (χ3v) is 5.66. The van der Waals surface area contributed by atoms with Crippen molar-refractivity contribution in [1.29, 1.82) is 0 Å². The Labute approximate surface area is 140 Å². The molecular formula is C13H7Cl5S. The van der Waals surface area contributed by atoms with Crippen LogP contribution in [0.4, 0.5) is 0 Å². The van der Waals surface area contributed by atoms with E-state index in [0.29, 0.717) is 15.6 Å². The Morgan fingerprint density at radius 3 is 1.74 bits per heavy atom. The summed E-state index contributed by atoms with van der Waals surface area (Å²) in [5.74, 6) is 0. The summed E-state index contributed by atoms with van der Waals surface area (Å²) in [5, 5.41) is 1.21. The quantitative estimate of drug-likeness (QED) is 0.302. The maximum absolute atomic E-state index is 6.27. The summed E-state index contributed by atoms with van der Waals surface area (Å²) in [5.41, 5.74) is 1.48. The van der Waals surface area contributed by atoms with Crippen molar-refractivity contribution in [3.63, 3.8) is 0 Å². The number of benzene rings is 2. The minimum Gasteiger partial charge on any atom is -0.129 e.